The molecule has 0 aliphatic rings. The fourth-order valence-corrected chi connectivity index (χ4v) is 1.92. The SMILES string of the molecule is Cc1cccc(C)c1OCCNCCCCCO. The number of aryl methyl sites for hydroxylation is 2. The van der Waals surface area contributed by atoms with Crippen LogP contribution in [-0.4, -0.2) is 31.4 Å². The molecule has 0 bridgehead atoms. The summed E-state index contributed by atoms with van der Waals surface area (Å²) in [6.45, 7) is 7.01. The zero-order valence-electron chi connectivity index (χ0n) is 11.5. The Kier molecular flexibility index (Phi) is 7.46. The lowest BCUT2D eigenvalue weighted by molar-refractivity contribution is 0.281. The molecule has 1 rings (SSSR count). The van der Waals surface area contributed by atoms with E-state index in [1.807, 2.05) is 0 Å². The number of aliphatic hydroxyl groups excluding tert-OH is 1. The monoisotopic (exact) mass is 251 g/mol. The number of ether oxygens (including phenoxy) is 1. The van der Waals surface area contributed by atoms with Gasteiger partial charge in [0, 0.05) is 13.2 Å². The molecule has 0 aromatic heterocycles. The minimum absolute atomic E-state index is 0.301. The summed E-state index contributed by atoms with van der Waals surface area (Å²) in [7, 11) is 0. The van der Waals surface area contributed by atoms with E-state index in [-0.39, 0.29) is 0 Å². The van der Waals surface area contributed by atoms with Crippen molar-refractivity contribution in [3.63, 3.8) is 0 Å². The Bertz CT molecular complexity index is 319. The Morgan fingerprint density at radius 2 is 1.78 bits per heavy atom. The first-order chi connectivity index (χ1) is 8.75. The summed E-state index contributed by atoms with van der Waals surface area (Å²) in [6.07, 6.45) is 3.10. The van der Waals surface area contributed by atoms with Gasteiger partial charge in [-0.1, -0.05) is 18.2 Å². The largest absolute Gasteiger partial charge is 0.492 e. The molecule has 0 aliphatic heterocycles. The van der Waals surface area contributed by atoms with Crippen molar-refractivity contribution in [1.29, 1.82) is 0 Å². The second-order valence-corrected chi connectivity index (χ2v) is 4.60. The van der Waals surface area contributed by atoms with Gasteiger partial charge in [-0.2, -0.15) is 0 Å². The standard InChI is InChI=1S/C15H25NO2/c1-13-7-6-8-14(2)15(13)18-12-10-16-9-4-3-5-11-17/h6-8,16-17H,3-5,9-12H2,1-2H3. The van der Waals surface area contributed by atoms with E-state index in [2.05, 4.69) is 37.4 Å². The zero-order chi connectivity index (χ0) is 13.2. The highest BCUT2D eigenvalue weighted by atomic mass is 16.5. The number of hydrogen-bond donors (Lipinski definition) is 2. The predicted octanol–water partition coefficient (Wildman–Crippen LogP) is 2.43. The van der Waals surface area contributed by atoms with Crippen LogP contribution in [0.4, 0.5) is 0 Å². The summed E-state index contributed by atoms with van der Waals surface area (Å²) in [5.41, 5.74) is 2.39. The van der Waals surface area contributed by atoms with Crippen LogP contribution in [0.25, 0.3) is 0 Å². The second-order valence-electron chi connectivity index (χ2n) is 4.60. The summed E-state index contributed by atoms with van der Waals surface area (Å²) in [4.78, 5) is 0. The van der Waals surface area contributed by atoms with Crippen molar-refractivity contribution in [2.45, 2.75) is 33.1 Å². The highest BCUT2D eigenvalue weighted by Gasteiger charge is 2.02. The number of unbranched alkanes of at least 4 members (excludes halogenated alkanes) is 2. The predicted molar refractivity (Wildman–Crippen MR) is 75.2 cm³/mol. The van der Waals surface area contributed by atoms with Gasteiger partial charge in [0.15, 0.2) is 0 Å². The van der Waals surface area contributed by atoms with Crippen molar-refractivity contribution in [2.24, 2.45) is 0 Å². The van der Waals surface area contributed by atoms with Gasteiger partial charge in [-0.3, -0.25) is 0 Å². The smallest absolute Gasteiger partial charge is 0.125 e. The summed E-state index contributed by atoms with van der Waals surface area (Å²) in [5.74, 6) is 1.01. The van der Waals surface area contributed by atoms with E-state index in [4.69, 9.17) is 9.84 Å². The maximum Gasteiger partial charge on any atom is 0.125 e. The molecule has 0 atom stereocenters. The number of para-hydroxylation sites is 1. The first-order valence-electron chi connectivity index (χ1n) is 6.76. The molecule has 102 valence electrons. The van der Waals surface area contributed by atoms with Gasteiger partial charge in [0.25, 0.3) is 0 Å². The van der Waals surface area contributed by atoms with Crippen molar-refractivity contribution < 1.29 is 9.84 Å². The molecule has 1 aromatic rings. The Labute approximate surface area is 110 Å². The molecular formula is C15H25NO2. The highest BCUT2D eigenvalue weighted by molar-refractivity contribution is 5.39. The lowest BCUT2D eigenvalue weighted by Gasteiger charge is -2.12. The van der Waals surface area contributed by atoms with E-state index in [0.717, 1.165) is 38.1 Å². The number of aliphatic hydroxyl groups is 1. The molecule has 0 heterocycles. The molecule has 3 heteroatoms. The molecule has 0 unspecified atom stereocenters. The van der Waals surface area contributed by atoms with E-state index < -0.39 is 0 Å². The van der Waals surface area contributed by atoms with E-state index in [9.17, 15) is 0 Å². The topological polar surface area (TPSA) is 41.5 Å². The maximum absolute atomic E-state index is 8.64. The lowest BCUT2D eigenvalue weighted by Crippen LogP contribution is -2.22. The van der Waals surface area contributed by atoms with E-state index in [0.29, 0.717) is 13.2 Å². The molecule has 0 saturated heterocycles. The Morgan fingerprint density at radius 3 is 2.44 bits per heavy atom. The lowest BCUT2D eigenvalue weighted by atomic mass is 10.1. The van der Waals surface area contributed by atoms with Gasteiger partial charge >= 0.3 is 0 Å². The quantitative estimate of drug-likeness (QED) is 0.662. The fraction of sp³-hybridized carbons (Fsp3) is 0.600. The van der Waals surface area contributed by atoms with Gasteiger partial charge in [-0.05, 0) is 50.8 Å². The summed E-state index contributed by atoms with van der Waals surface area (Å²) in [6, 6.07) is 6.20. The van der Waals surface area contributed by atoms with Crippen LogP contribution >= 0.6 is 0 Å². The molecule has 18 heavy (non-hydrogen) atoms. The Morgan fingerprint density at radius 1 is 1.06 bits per heavy atom. The first kappa shape index (κ1) is 15.0. The minimum atomic E-state index is 0.301. The second kappa shape index (κ2) is 8.95. The van der Waals surface area contributed by atoms with Gasteiger partial charge < -0.3 is 15.2 Å². The maximum atomic E-state index is 8.64. The number of rotatable bonds is 9. The average Bonchev–Trinajstić information content (AvgIpc) is 2.35. The number of nitrogens with one attached hydrogen (secondary N) is 1. The number of hydrogen-bond acceptors (Lipinski definition) is 3. The molecule has 0 amide bonds. The van der Waals surface area contributed by atoms with E-state index in [1.165, 1.54) is 11.1 Å². The van der Waals surface area contributed by atoms with E-state index >= 15 is 0 Å². The van der Waals surface area contributed by atoms with Crippen molar-refractivity contribution in [3.05, 3.63) is 29.3 Å². The van der Waals surface area contributed by atoms with E-state index in [1.54, 1.807) is 0 Å². The summed E-state index contributed by atoms with van der Waals surface area (Å²) >= 11 is 0. The molecule has 0 aliphatic carbocycles. The third kappa shape index (κ3) is 5.52. The van der Waals surface area contributed by atoms with Crippen molar-refractivity contribution in [1.82, 2.24) is 5.32 Å². The van der Waals surface area contributed by atoms with Crippen LogP contribution < -0.4 is 10.1 Å². The van der Waals surface area contributed by atoms with Crippen molar-refractivity contribution in [2.75, 3.05) is 26.3 Å². The Balaban J connectivity index is 2.11. The third-order valence-electron chi connectivity index (χ3n) is 2.95. The van der Waals surface area contributed by atoms with Gasteiger partial charge in [-0.25, -0.2) is 0 Å². The molecule has 1 aromatic carbocycles. The van der Waals surface area contributed by atoms with Crippen LogP contribution in [0.2, 0.25) is 0 Å². The van der Waals surface area contributed by atoms with Gasteiger partial charge in [0.05, 0.1) is 0 Å². The van der Waals surface area contributed by atoms with Crippen LogP contribution in [0, 0.1) is 13.8 Å². The van der Waals surface area contributed by atoms with Gasteiger partial charge in [-0.15, -0.1) is 0 Å². The molecule has 2 N–H and O–H groups in total. The van der Waals surface area contributed by atoms with Crippen LogP contribution in [0.1, 0.15) is 30.4 Å². The zero-order valence-corrected chi connectivity index (χ0v) is 11.5. The average molecular weight is 251 g/mol. The minimum Gasteiger partial charge on any atom is -0.492 e. The normalized spacial score (nSPS) is 10.6. The molecule has 0 radical (unpaired) electrons. The highest BCUT2D eigenvalue weighted by Crippen LogP contribution is 2.21. The summed E-state index contributed by atoms with van der Waals surface area (Å²) < 4.78 is 5.79. The molecular weight excluding hydrogens is 226 g/mol. The molecule has 0 spiro atoms. The van der Waals surface area contributed by atoms with Crippen LogP contribution in [0.3, 0.4) is 0 Å². The molecule has 3 nitrogen and oxygen atoms in total. The van der Waals surface area contributed by atoms with Crippen LogP contribution in [0.15, 0.2) is 18.2 Å². The van der Waals surface area contributed by atoms with Crippen molar-refractivity contribution in [3.8, 4) is 5.75 Å². The van der Waals surface area contributed by atoms with Crippen LogP contribution in [-0.2, 0) is 0 Å². The van der Waals surface area contributed by atoms with Gasteiger partial charge in [0.1, 0.15) is 12.4 Å². The van der Waals surface area contributed by atoms with Crippen LogP contribution in [0.5, 0.6) is 5.75 Å². The molecule has 0 saturated carbocycles. The first-order valence-corrected chi connectivity index (χ1v) is 6.76. The van der Waals surface area contributed by atoms with Crippen molar-refractivity contribution >= 4 is 0 Å². The fourth-order valence-electron chi connectivity index (χ4n) is 1.92. The number of benzene rings is 1. The summed E-state index contributed by atoms with van der Waals surface area (Å²) in [5, 5.41) is 12.0. The molecule has 0 fully saturated rings. The van der Waals surface area contributed by atoms with Gasteiger partial charge in [0.2, 0.25) is 0 Å². The third-order valence-corrected chi connectivity index (χ3v) is 2.95. The Hall–Kier alpha value is -1.06.